The highest BCUT2D eigenvalue weighted by atomic mass is 32.2. The first-order valence-electron chi connectivity index (χ1n) is 9.16. The Labute approximate surface area is 168 Å². The number of esters is 1. The van der Waals surface area contributed by atoms with Gasteiger partial charge in [-0.3, -0.25) is 9.00 Å². The minimum atomic E-state index is -1.28. The van der Waals surface area contributed by atoms with Crippen molar-refractivity contribution in [1.29, 1.82) is 0 Å². The van der Waals surface area contributed by atoms with Gasteiger partial charge in [0.05, 0.1) is 33.9 Å². The maximum atomic E-state index is 12.6. The Morgan fingerprint density at radius 3 is 2.50 bits per heavy atom. The van der Waals surface area contributed by atoms with Gasteiger partial charge in [0.1, 0.15) is 0 Å². The predicted octanol–water partition coefficient (Wildman–Crippen LogP) is 3.48. The Hall–Kier alpha value is -2.25. The van der Waals surface area contributed by atoms with Gasteiger partial charge in [-0.25, -0.2) is 4.79 Å². The quantitative estimate of drug-likeness (QED) is 0.472. The summed E-state index contributed by atoms with van der Waals surface area (Å²) in [7, 11) is 0.354. The third-order valence-corrected chi connectivity index (χ3v) is 5.95. The van der Waals surface area contributed by atoms with Crippen molar-refractivity contribution in [3.05, 3.63) is 52.8 Å². The number of hydrogen-bond donors (Lipinski definition) is 0. The van der Waals surface area contributed by atoms with E-state index in [0.717, 1.165) is 11.4 Å². The lowest BCUT2D eigenvalue weighted by Gasteiger charge is -2.17. The van der Waals surface area contributed by atoms with Crippen LogP contribution in [-0.2, 0) is 20.3 Å². The first-order valence-corrected chi connectivity index (χ1v) is 10.5. The van der Waals surface area contributed by atoms with Crippen LogP contribution in [0.2, 0.25) is 0 Å². The van der Waals surface area contributed by atoms with E-state index in [1.54, 1.807) is 44.4 Å². The van der Waals surface area contributed by atoms with Crippen LogP contribution in [0.15, 0.2) is 35.2 Å². The number of hydrogen-bond acceptors (Lipinski definition) is 5. The fourth-order valence-corrected chi connectivity index (χ4v) is 4.27. The first kappa shape index (κ1) is 22.0. The van der Waals surface area contributed by atoms with Crippen LogP contribution in [0.4, 0.5) is 0 Å². The van der Waals surface area contributed by atoms with E-state index in [4.69, 9.17) is 9.47 Å². The highest BCUT2D eigenvalue weighted by Crippen LogP contribution is 2.22. The molecule has 0 aliphatic rings. The van der Waals surface area contributed by atoms with E-state index in [1.807, 2.05) is 25.3 Å². The van der Waals surface area contributed by atoms with Gasteiger partial charge in [-0.05, 0) is 39.0 Å². The summed E-state index contributed by atoms with van der Waals surface area (Å²) in [6.07, 6.45) is 0. The second kappa shape index (κ2) is 9.80. The molecule has 7 heteroatoms. The van der Waals surface area contributed by atoms with E-state index in [9.17, 15) is 13.8 Å². The monoisotopic (exact) mass is 405 g/mol. The average Bonchev–Trinajstić information content (AvgIpc) is 2.99. The lowest BCUT2D eigenvalue weighted by molar-refractivity contribution is 0.0471. The van der Waals surface area contributed by atoms with Crippen LogP contribution in [0, 0.1) is 13.8 Å². The summed E-state index contributed by atoms with van der Waals surface area (Å²) in [4.78, 5) is 25.5. The second-order valence-corrected chi connectivity index (χ2v) is 8.30. The number of aryl methyl sites for hydroxylation is 1. The molecule has 1 heterocycles. The maximum absolute atomic E-state index is 12.6. The van der Waals surface area contributed by atoms with Crippen molar-refractivity contribution in [1.82, 2.24) is 4.57 Å². The molecule has 0 spiro atoms. The average molecular weight is 406 g/mol. The van der Waals surface area contributed by atoms with E-state index in [1.165, 1.54) is 0 Å². The van der Waals surface area contributed by atoms with Crippen LogP contribution < -0.4 is 0 Å². The van der Waals surface area contributed by atoms with Crippen LogP contribution in [-0.4, -0.2) is 46.6 Å². The van der Waals surface area contributed by atoms with Crippen molar-refractivity contribution < 1.29 is 23.3 Å². The number of nitrogens with zero attached hydrogens (tertiary/aromatic N) is 1. The molecule has 0 aliphatic carbocycles. The number of ketones is 1. The first-order chi connectivity index (χ1) is 13.3. The van der Waals surface area contributed by atoms with Crippen LogP contribution >= 0.6 is 0 Å². The minimum Gasteiger partial charge on any atom is -0.454 e. The molecule has 0 N–H and O–H groups in total. The van der Waals surface area contributed by atoms with Gasteiger partial charge in [0, 0.05) is 29.8 Å². The zero-order chi connectivity index (χ0) is 20.8. The third-order valence-electron chi connectivity index (χ3n) is 4.58. The van der Waals surface area contributed by atoms with Gasteiger partial charge in [-0.1, -0.05) is 19.1 Å². The molecule has 1 aromatic heterocycles. The van der Waals surface area contributed by atoms with E-state index >= 15 is 0 Å². The van der Waals surface area contributed by atoms with Crippen LogP contribution in [0.1, 0.15) is 52.0 Å². The Kier molecular flexibility index (Phi) is 7.71. The van der Waals surface area contributed by atoms with Gasteiger partial charge >= 0.3 is 5.97 Å². The molecule has 0 bridgehead atoms. The zero-order valence-electron chi connectivity index (χ0n) is 17.0. The fourth-order valence-electron chi connectivity index (χ4n) is 3.33. The number of methoxy groups -OCH3 is 1. The maximum Gasteiger partial charge on any atom is 0.339 e. The third kappa shape index (κ3) is 4.77. The van der Waals surface area contributed by atoms with Crippen molar-refractivity contribution in [3.8, 4) is 0 Å². The largest absolute Gasteiger partial charge is 0.454 e. The van der Waals surface area contributed by atoms with Gasteiger partial charge < -0.3 is 14.0 Å². The molecular formula is C21H27NO5S. The summed E-state index contributed by atoms with van der Waals surface area (Å²) in [6, 6.07) is 8.50. The Bertz CT molecular complexity index is 887. The van der Waals surface area contributed by atoms with Crippen LogP contribution in [0.5, 0.6) is 0 Å². The summed E-state index contributed by atoms with van der Waals surface area (Å²) >= 11 is 0. The standard InChI is InChI=1S/C21H27NO5S/c1-6-28(25)20-10-8-7-9-17(20)21(24)27-13-19(23)18-11-14(2)22(16(18)4)15(3)12-26-5/h7-11,15H,6,12-13H2,1-5H3. The number of ether oxygens (including phenoxy) is 2. The summed E-state index contributed by atoms with van der Waals surface area (Å²) in [6.45, 7) is 7.76. The van der Waals surface area contributed by atoms with Gasteiger partial charge in [0.15, 0.2) is 6.61 Å². The number of rotatable bonds is 9. The summed E-state index contributed by atoms with van der Waals surface area (Å²) < 4.78 is 24.6. The van der Waals surface area contributed by atoms with E-state index in [-0.39, 0.29) is 24.0 Å². The molecule has 28 heavy (non-hydrogen) atoms. The van der Waals surface area contributed by atoms with E-state index in [2.05, 4.69) is 0 Å². The molecule has 2 rings (SSSR count). The van der Waals surface area contributed by atoms with Crippen LogP contribution in [0.3, 0.4) is 0 Å². The minimum absolute atomic E-state index is 0.0880. The lowest BCUT2D eigenvalue weighted by Crippen LogP contribution is -2.18. The molecule has 152 valence electrons. The molecule has 0 radical (unpaired) electrons. The topological polar surface area (TPSA) is 74.6 Å². The molecule has 0 saturated carbocycles. The molecule has 2 unspecified atom stereocenters. The predicted molar refractivity (Wildman–Crippen MR) is 108 cm³/mol. The van der Waals surface area contributed by atoms with Crippen molar-refractivity contribution in [2.24, 2.45) is 0 Å². The molecule has 2 atom stereocenters. The normalized spacial score (nSPS) is 13.2. The Balaban J connectivity index is 2.14. The molecule has 1 aromatic carbocycles. The van der Waals surface area contributed by atoms with Crippen LogP contribution in [0.25, 0.3) is 0 Å². The summed E-state index contributed by atoms with van der Waals surface area (Å²) in [5.74, 6) is -0.520. The van der Waals surface area contributed by atoms with Gasteiger partial charge in [-0.15, -0.1) is 0 Å². The number of carbonyl (C=O) groups excluding carboxylic acids is 2. The van der Waals surface area contributed by atoms with Crippen molar-refractivity contribution in [3.63, 3.8) is 0 Å². The summed E-state index contributed by atoms with van der Waals surface area (Å²) in [5.41, 5.74) is 2.52. The highest BCUT2D eigenvalue weighted by Gasteiger charge is 2.21. The molecule has 0 aliphatic heterocycles. The lowest BCUT2D eigenvalue weighted by atomic mass is 10.1. The fraction of sp³-hybridized carbons (Fsp3) is 0.429. The number of Topliss-reactive ketones (excluding diaryl/α,β-unsaturated/α-hetero) is 1. The smallest absolute Gasteiger partial charge is 0.339 e. The Morgan fingerprint density at radius 1 is 1.18 bits per heavy atom. The Morgan fingerprint density at radius 2 is 1.86 bits per heavy atom. The molecule has 0 fully saturated rings. The molecule has 2 aromatic rings. The number of benzene rings is 1. The highest BCUT2D eigenvalue weighted by molar-refractivity contribution is 7.85. The number of aromatic nitrogens is 1. The summed E-state index contributed by atoms with van der Waals surface area (Å²) in [5, 5.41) is 0. The van der Waals surface area contributed by atoms with Crippen molar-refractivity contribution in [2.75, 3.05) is 26.1 Å². The van der Waals surface area contributed by atoms with Gasteiger partial charge in [-0.2, -0.15) is 0 Å². The van der Waals surface area contributed by atoms with Gasteiger partial charge in [0.2, 0.25) is 5.78 Å². The van der Waals surface area contributed by atoms with Crippen molar-refractivity contribution >= 4 is 22.6 Å². The molecule has 0 saturated heterocycles. The second-order valence-electron chi connectivity index (χ2n) is 6.59. The molecule has 0 amide bonds. The zero-order valence-corrected chi connectivity index (χ0v) is 17.8. The van der Waals surface area contributed by atoms with Crippen molar-refractivity contribution in [2.45, 2.75) is 38.6 Å². The van der Waals surface area contributed by atoms with E-state index < -0.39 is 16.8 Å². The van der Waals surface area contributed by atoms with E-state index in [0.29, 0.717) is 22.8 Å². The SMILES string of the molecule is CCS(=O)c1ccccc1C(=O)OCC(=O)c1cc(C)n(C(C)COC)c1C. The molecular weight excluding hydrogens is 378 g/mol. The number of carbonyl (C=O) groups is 2. The van der Waals surface area contributed by atoms with Gasteiger partial charge in [0.25, 0.3) is 0 Å². The molecule has 6 nitrogen and oxygen atoms in total.